The molecule has 0 bridgehead atoms. The van der Waals surface area contributed by atoms with Gasteiger partial charge in [0.05, 0.1) is 0 Å². The predicted molar refractivity (Wildman–Crippen MR) is 70.8 cm³/mol. The van der Waals surface area contributed by atoms with Crippen LogP contribution < -0.4 is 0 Å². The summed E-state index contributed by atoms with van der Waals surface area (Å²) in [5, 5.41) is 0. The van der Waals surface area contributed by atoms with Crippen LogP contribution in [0.5, 0.6) is 0 Å². The van der Waals surface area contributed by atoms with Gasteiger partial charge in [0.2, 0.25) is 0 Å². The number of ether oxygens (including phenoxy) is 1. The van der Waals surface area contributed by atoms with Gasteiger partial charge in [-0.3, -0.25) is 4.79 Å². The minimum absolute atomic E-state index is 0.117. The molecule has 0 saturated heterocycles. The van der Waals surface area contributed by atoms with Gasteiger partial charge in [-0.25, -0.2) is 0 Å². The molecule has 2 heteroatoms. The summed E-state index contributed by atoms with van der Waals surface area (Å²) in [6, 6.07) is 0. The van der Waals surface area contributed by atoms with Gasteiger partial charge >= 0.3 is 5.97 Å². The molecule has 100 valence electrons. The van der Waals surface area contributed by atoms with Crippen LogP contribution in [0.4, 0.5) is 0 Å². The highest BCUT2D eigenvalue weighted by atomic mass is 16.5. The molecular formula is C15H28O2. The lowest BCUT2D eigenvalue weighted by atomic mass is 9.78. The Balaban J connectivity index is 2.26. The number of rotatable bonds is 6. The largest absolute Gasteiger partial charge is 0.463 e. The third-order valence-electron chi connectivity index (χ3n) is 3.80. The Kier molecular flexibility index (Phi) is 6.61. The van der Waals surface area contributed by atoms with E-state index in [2.05, 4.69) is 13.8 Å². The predicted octanol–water partition coefficient (Wildman–Crippen LogP) is 4.32. The summed E-state index contributed by atoms with van der Waals surface area (Å²) in [7, 11) is 0. The minimum atomic E-state index is -0.117. The maximum Gasteiger partial charge on any atom is 0.302 e. The van der Waals surface area contributed by atoms with Crippen LogP contribution in [-0.4, -0.2) is 12.1 Å². The first-order chi connectivity index (χ1) is 8.11. The number of unbranched alkanes of at least 4 members (excludes halogenated alkanes) is 3. The molecule has 0 radical (unpaired) electrons. The Morgan fingerprint density at radius 2 is 1.94 bits per heavy atom. The summed E-state index contributed by atoms with van der Waals surface area (Å²) < 4.78 is 5.38. The summed E-state index contributed by atoms with van der Waals surface area (Å²) in [4.78, 5) is 11.0. The summed E-state index contributed by atoms with van der Waals surface area (Å²) in [5.41, 5.74) is 0. The highest BCUT2D eigenvalue weighted by Crippen LogP contribution is 2.33. The molecule has 1 saturated carbocycles. The van der Waals surface area contributed by atoms with Crippen LogP contribution in [0.25, 0.3) is 0 Å². The average Bonchev–Trinajstić information content (AvgIpc) is 2.22. The molecule has 0 aromatic heterocycles. The molecule has 0 aromatic rings. The highest BCUT2D eigenvalue weighted by Gasteiger charge is 2.27. The van der Waals surface area contributed by atoms with Gasteiger partial charge in [0.15, 0.2) is 0 Å². The Labute approximate surface area is 106 Å². The van der Waals surface area contributed by atoms with Gasteiger partial charge in [0.25, 0.3) is 0 Å². The minimum Gasteiger partial charge on any atom is -0.463 e. The summed E-state index contributed by atoms with van der Waals surface area (Å²) in [6.45, 7) is 6.06. The fourth-order valence-electron chi connectivity index (χ4n) is 3.10. The summed E-state index contributed by atoms with van der Waals surface area (Å²) in [6.07, 6.45) is 10.4. The molecule has 0 N–H and O–H groups in total. The van der Waals surface area contributed by atoms with Crippen LogP contribution in [0.3, 0.4) is 0 Å². The quantitative estimate of drug-likeness (QED) is 0.510. The van der Waals surface area contributed by atoms with E-state index in [1.54, 1.807) is 0 Å². The van der Waals surface area contributed by atoms with Crippen LogP contribution in [0.2, 0.25) is 0 Å². The second kappa shape index (κ2) is 7.73. The van der Waals surface area contributed by atoms with E-state index >= 15 is 0 Å². The van der Waals surface area contributed by atoms with Crippen molar-refractivity contribution in [1.29, 1.82) is 0 Å². The molecule has 0 aromatic carbocycles. The Morgan fingerprint density at radius 1 is 1.18 bits per heavy atom. The maximum atomic E-state index is 11.0. The van der Waals surface area contributed by atoms with Crippen LogP contribution in [0.15, 0.2) is 0 Å². The fourth-order valence-corrected chi connectivity index (χ4v) is 3.10. The molecule has 0 heterocycles. The van der Waals surface area contributed by atoms with E-state index < -0.39 is 0 Å². The number of hydrogen-bond donors (Lipinski definition) is 0. The van der Waals surface area contributed by atoms with Gasteiger partial charge in [-0.05, 0) is 31.1 Å². The average molecular weight is 240 g/mol. The van der Waals surface area contributed by atoms with Crippen molar-refractivity contribution in [3.05, 3.63) is 0 Å². The zero-order valence-corrected chi connectivity index (χ0v) is 11.7. The van der Waals surface area contributed by atoms with Gasteiger partial charge in [-0.15, -0.1) is 0 Å². The van der Waals surface area contributed by atoms with Gasteiger partial charge in [-0.2, -0.15) is 0 Å². The number of hydrogen-bond acceptors (Lipinski definition) is 2. The second-order valence-corrected chi connectivity index (χ2v) is 5.76. The molecule has 2 nitrogen and oxygen atoms in total. The molecule has 1 aliphatic carbocycles. The Morgan fingerprint density at radius 3 is 2.59 bits per heavy atom. The van der Waals surface area contributed by atoms with Crippen molar-refractivity contribution in [2.24, 2.45) is 11.8 Å². The summed E-state index contributed by atoms with van der Waals surface area (Å²) in [5.74, 6) is 1.37. The molecule has 0 amide bonds. The first-order valence-electron chi connectivity index (χ1n) is 7.29. The Hall–Kier alpha value is -0.530. The number of carbonyl (C=O) groups excluding carboxylic acids is 1. The van der Waals surface area contributed by atoms with E-state index in [0.717, 1.165) is 18.8 Å². The van der Waals surface area contributed by atoms with Gasteiger partial charge in [0, 0.05) is 6.92 Å². The third kappa shape index (κ3) is 6.09. The van der Waals surface area contributed by atoms with Crippen molar-refractivity contribution in [2.45, 2.75) is 78.2 Å². The normalized spacial score (nSPS) is 29.0. The van der Waals surface area contributed by atoms with Crippen LogP contribution in [-0.2, 0) is 9.53 Å². The Bertz CT molecular complexity index is 225. The molecule has 3 unspecified atom stereocenters. The van der Waals surface area contributed by atoms with E-state index in [1.807, 2.05) is 0 Å². The van der Waals surface area contributed by atoms with Crippen LogP contribution in [0, 0.1) is 11.8 Å². The van der Waals surface area contributed by atoms with E-state index in [9.17, 15) is 4.79 Å². The van der Waals surface area contributed by atoms with Crippen molar-refractivity contribution >= 4 is 5.97 Å². The second-order valence-electron chi connectivity index (χ2n) is 5.76. The SMILES string of the molecule is CCCCCCC1CC(C)CC(OC(C)=O)C1. The molecule has 1 fully saturated rings. The van der Waals surface area contributed by atoms with Gasteiger partial charge in [-0.1, -0.05) is 46.0 Å². The van der Waals surface area contributed by atoms with Gasteiger partial charge < -0.3 is 4.74 Å². The van der Waals surface area contributed by atoms with Crippen molar-refractivity contribution in [3.63, 3.8) is 0 Å². The van der Waals surface area contributed by atoms with Crippen LogP contribution in [0.1, 0.15) is 72.1 Å². The molecule has 3 atom stereocenters. The maximum absolute atomic E-state index is 11.0. The molecule has 1 rings (SSSR count). The molecular weight excluding hydrogens is 212 g/mol. The molecule has 0 aliphatic heterocycles. The zero-order valence-electron chi connectivity index (χ0n) is 11.7. The van der Waals surface area contributed by atoms with Crippen molar-refractivity contribution in [3.8, 4) is 0 Å². The van der Waals surface area contributed by atoms with Crippen LogP contribution >= 0.6 is 0 Å². The van der Waals surface area contributed by atoms with Crippen molar-refractivity contribution < 1.29 is 9.53 Å². The lowest BCUT2D eigenvalue weighted by molar-refractivity contribution is -0.149. The van der Waals surface area contributed by atoms with Gasteiger partial charge in [0.1, 0.15) is 6.10 Å². The third-order valence-corrected chi connectivity index (χ3v) is 3.80. The highest BCUT2D eigenvalue weighted by molar-refractivity contribution is 5.66. The van der Waals surface area contributed by atoms with E-state index in [4.69, 9.17) is 4.74 Å². The standard InChI is InChI=1S/C15H28O2/c1-4-5-6-7-8-14-9-12(2)10-15(11-14)17-13(3)16/h12,14-15H,4-11H2,1-3H3. The lowest BCUT2D eigenvalue weighted by Gasteiger charge is -2.32. The summed E-state index contributed by atoms with van der Waals surface area (Å²) >= 11 is 0. The van der Waals surface area contributed by atoms with E-state index in [1.165, 1.54) is 45.4 Å². The first kappa shape index (κ1) is 14.5. The molecule has 17 heavy (non-hydrogen) atoms. The fraction of sp³-hybridized carbons (Fsp3) is 0.933. The zero-order chi connectivity index (χ0) is 12.7. The topological polar surface area (TPSA) is 26.3 Å². The van der Waals surface area contributed by atoms with Crippen molar-refractivity contribution in [2.75, 3.05) is 0 Å². The number of esters is 1. The lowest BCUT2D eigenvalue weighted by Crippen LogP contribution is -2.28. The smallest absolute Gasteiger partial charge is 0.302 e. The first-order valence-corrected chi connectivity index (χ1v) is 7.29. The van der Waals surface area contributed by atoms with E-state index in [0.29, 0.717) is 5.92 Å². The van der Waals surface area contributed by atoms with E-state index in [-0.39, 0.29) is 12.1 Å². The number of carbonyl (C=O) groups is 1. The molecule has 0 spiro atoms. The van der Waals surface area contributed by atoms with Crippen molar-refractivity contribution in [1.82, 2.24) is 0 Å². The monoisotopic (exact) mass is 240 g/mol. The molecule has 1 aliphatic rings.